The number of thiazole rings is 1. The van der Waals surface area contributed by atoms with Crippen LogP contribution in [-0.4, -0.2) is 10.9 Å². The van der Waals surface area contributed by atoms with E-state index in [-0.39, 0.29) is 5.91 Å². The van der Waals surface area contributed by atoms with Gasteiger partial charge < -0.3 is 5.32 Å². The van der Waals surface area contributed by atoms with Crippen LogP contribution < -0.4 is 5.32 Å². The molecule has 1 aromatic carbocycles. The zero-order chi connectivity index (χ0) is 14.4. The summed E-state index contributed by atoms with van der Waals surface area (Å²) in [6.07, 6.45) is 3.34. The molecule has 0 saturated carbocycles. The molecule has 1 heterocycles. The number of carbonyl (C=O) groups excluding carboxylic acids is 1. The van der Waals surface area contributed by atoms with Crippen LogP contribution >= 0.6 is 11.3 Å². The third kappa shape index (κ3) is 4.46. The number of nitrogens with zero attached hydrogens (tertiary/aromatic N) is 1. The third-order valence-corrected chi connectivity index (χ3v) is 3.87. The average Bonchev–Trinajstić information content (AvgIpc) is 2.97. The van der Waals surface area contributed by atoms with Gasteiger partial charge in [-0.05, 0) is 24.0 Å². The van der Waals surface area contributed by atoms with Crippen LogP contribution in [0, 0.1) is 5.92 Å². The van der Waals surface area contributed by atoms with E-state index in [1.54, 1.807) is 17.5 Å². The Morgan fingerprint density at radius 2 is 2.25 bits per heavy atom. The first-order chi connectivity index (χ1) is 9.65. The number of hydrogen-bond donors (Lipinski definition) is 1. The summed E-state index contributed by atoms with van der Waals surface area (Å²) >= 11 is 1.62. The average molecular weight is 288 g/mol. The molecule has 2 aromatic rings. The van der Waals surface area contributed by atoms with E-state index in [1.165, 1.54) is 0 Å². The molecule has 0 fully saturated rings. The van der Waals surface area contributed by atoms with Crippen molar-refractivity contribution in [3.05, 3.63) is 41.4 Å². The molecule has 0 saturated heterocycles. The van der Waals surface area contributed by atoms with Crippen molar-refractivity contribution in [3.63, 3.8) is 0 Å². The summed E-state index contributed by atoms with van der Waals surface area (Å²) in [5, 5.41) is 5.95. The predicted octanol–water partition coefficient (Wildman–Crippen LogP) is 3.86. The highest BCUT2D eigenvalue weighted by Gasteiger charge is 2.05. The molecule has 2 rings (SSSR count). The van der Waals surface area contributed by atoms with Crippen LogP contribution in [0.25, 0.3) is 10.6 Å². The molecule has 106 valence electrons. The second-order valence-electron chi connectivity index (χ2n) is 5.25. The van der Waals surface area contributed by atoms with E-state index in [0.717, 1.165) is 22.6 Å². The Labute approximate surface area is 124 Å². The van der Waals surface area contributed by atoms with Gasteiger partial charge in [-0.25, -0.2) is 4.98 Å². The number of rotatable bonds is 6. The highest BCUT2D eigenvalue weighted by molar-refractivity contribution is 7.13. The van der Waals surface area contributed by atoms with Crippen molar-refractivity contribution in [2.45, 2.75) is 33.2 Å². The summed E-state index contributed by atoms with van der Waals surface area (Å²) in [6.45, 7) is 4.84. The zero-order valence-corrected chi connectivity index (χ0v) is 12.7. The molecule has 4 heteroatoms. The first-order valence-corrected chi connectivity index (χ1v) is 7.78. The van der Waals surface area contributed by atoms with Gasteiger partial charge in [-0.15, -0.1) is 11.3 Å². The van der Waals surface area contributed by atoms with Gasteiger partial charge >= 0.3 is 0 Å². The van der Waals surface area contributed by atoms with Crippen molar-refractivity contribution < 1.29 is 4.79 Å². The number of hydrogen-bond acceptors (Lipinski definition) is 3. The van der Waals surface area contributed by atoms with Crippen LogP contribution in [0.5, 0.6) is 0 Å². The fraction of sp³-hybridized carbons (Fsp3) is 0.375. The van der Waals surface area contributed by atoms with Crippen molar-refractivity contribution in [2.75, 3.05) is 0 Å². The van der Waals surface area contributed by atoms with Gasteiger partial charge in [0.2, 0.25) is 5.91 Å². The molecule has 0 bridgehead atoms. The Kier molecular flexibility index (Phi) is 5.30. The van der Waals surface area contributed by atoms with E-state index in [1.807, 2.05) is 23.6 Å². The summed E-state index contributed by atoms with van der Waals surface area (Å²) in [6, 6.07) is 8.16. The van der Waals surface area contributed by atoms with Crippen molar-refractivity contribution in [3.8, 4) is 10.6 Å². The fourth-order valence-electron chi connectivity index (χ4n) is 1.89. The Hall–Kier alpha value is -1.68. The molecule has 0 aliphatic heterocycles. The van der Waals surface area contributed by atoms with E-state index < -0.39 is 0 Å². The minimum Gasteiger partial charge on any atom is -0.352 e. The smallest absolute Gasteiger partial charge is 0.220 e. The lowest BCUT2D eigenvalue weighted by atomic mass is 10.1. The maximum Gasteiger partial charge on any atom is 0.220 e. The SMILES string of the molecule is CC(C)CCC(=O)NCc1cccc(-c2nccs2)c1. The minimum atomic E-state index is 0.123. The van der Waals surface area contributed by atoms with Gasteiger partial charge in [-0.1, -0.05) is 32.0 Å². The summed E-state index contributed by atoms with van der Waals surface area (Å²) < 4.78 is 0. The molecule has 3 nitrogen and oxygen atoms in total. The van der Waals surface area contributed by atoms with Gasteiger partial charge in [0.1, 0.15) is 5.01 Å². The summed E-state index contributed by atoms with van der Waals surface area (Å²) in [5.41, 5.74) is 2.21. The van der Waals surface area contributed by atoms with Crippen LogP contribution in [0.2, 0.25) is 0 Å². The first kappa shape index (κ1) is 14.7. The molecule has 20 heavy (non-hydrogen) atoms. The number of benzene rings is 1. The topological polar surface area (TPSA) is 42.0 Å². The van der Waals surface area contributed by atoms with E-state index in [2.05, 4.69) is 30.2 Å². The number of amides is 1. The number of carbonyl (C=O) groups is 1. The number of nitrogens with one attached hydrogen (secondary N) is 1. The maximum atomic E-state index is 11.7. The van der Waals surface area contributed by atoms with Gasteiger partial charge in [-0.2, -0.15) is 0 Å². The lowest BCUT2D eigenvalue weighted by molar-refractivity contribution is -0.121. The lowest BCUT2D eigenvalue weighted by Gasteiger charge is -2.07. The van der Waals surface area contributed by atoms with E-state index in [0.29, 0.717) is 18.9 Å². The van der Waals surface area contributed by atoms with Gasteiger partial charge in [0, 0.05) is 30.1 Å². The normalized spacial score (nSPS) is 10.8. The molecule has 1 N–H and O–H groups in total. The van der Waals surface area contributed by atoms with Gasteiger partial charge in [-0.3, -0.25) is 4.79 Å². The summed E-state index contributed by atoms with van der Waals surface area (Å²) in [4.78, 5) is 16.0. The monoisotopic (exact) mass is 288 g/mol. The molecule has 0 unspecified atom stereocenters. The molecule has 0 atom stereocenters. The Bertz CT molecular complexity index is 549. The van der Waals surface area contributed by atoms with Crippen molar-refractivity contribution in [1.29, 1.82) is 0 Å². The van der Waals surface area contributed by atoms with Crippen LogP contribution in [0.15, 0.2) is 35.8 Å². The highest BCUT2D eigenvalue weighted by Crippen LogP contribution is 2.22. The van der Waals surface area contributed by atoms with Crippen LogP contribution in [0.1, 0.15) is 32.3 Å². The largest absolute Gasteiger partial charge is 0.352 e. The second-order valence-corrected chi connectivity index (χ2v) is 6.14. The first-order valence-electron chi connectivity index (χ1n) is 6.90. The van der Waals surface area contributed by atoms with Crippen LogP contribution in [-0.2, 0) is 11.3 Å². The van der Waals surface area contributed by atoms with Gasteiger partial charge in [0.25, 0.3) is 0 Å². The van der Waals surface area contributed by atoms with Crippen molar-refractivity contribution in [2.24, 2.45) is 5.92 Å². The standard InChI is InChI=1S/C16H20N2OS/c1-12(2)6-7-15(19)18-11-13-4-3-5-14(10-13)16-17-8-9-20-16/h3-5,8-10,12H,6-7,11H2,1-2H3,(H,18,19). The van der Waals surface area contributed by atoms with Gasteiger partial charge in [0.15, 0.2) is 0 Å². The summed E-state index contributed by atoms with van der Waals surface area (Å²) in [7, 11) is 0. The maximum absolute atomic E-state index is 11.7. The van der Waals surface area contributed by atoms with Gasteiger partial charge in [0.05, 0.1) is 0 Å². The van der Waals surface area contributed by atoms with E-state index in [4.69, 9.17) is 0 Å². The second kappa shape index (κ2) is 7.20. The Balaban J connectivity index is 1.90. The Morgan fingerprint density at radius 3 is 2.95 bits per heavy atom. The quantitative estimate of drug-likeness (QED) is 0.877. The molecule has 0 aliphatic rings. The lowest BCUT2D eigenvalue weighted by Crippen LogP contribution is -2.22. The van der Waals surface area contributed by atoms with Crippen molar-refractivity contribution >= 4 is 17.2 Å². The molecular formula is C16H20N2OS. The Morgan fingerprint density at radius 1 is 1.40 bits per heavy atom. The van der Waals surface area contributed by atoms with Crippen LogP contribution in [0.3, 0.4) is 0 Å². The zero-order valence-electron chi connectivity index (χ0n) is 11.9. The minimum absolute atomic E-state index is 0.123. The molecule has 0 spiro atoms. The van der Waals surface area contributed by atoms with E-state index >= 15 is 0 Å². The molecular weight excluding hydrogens is 268 g/mol. The highest BCUT2D eigenvalue weighted by atomic mass is 32.1. The van der Waals surface area contributed by atoms with Crippen molar-refractivity contribution in [1.82, 2.24) is 10.3 Å². The molecule has 0 aliphatic carbocycles. The predicted molar refractivity (Wildman–Crippen MR) is 83.5 cm³/mol. The number of aromatic nitrogens is 1. The fourth-order valence-corrected chi connectivity index (χ4v) is 2.52. The van der Waals surface area contributed by atoms with Crippen LogP contribution in [0.4, 0.5) is 0 Å². The summed E-state index contributed by atoms with van der Waals surface area (Å²) in [5.74, 6) is 0.687. The molecule has 1 amide bonds. The molecule has 1 aromatic heterocycles. The van der Waals surface area contributed by atoms with E-state index in [9.17, 15) is 4.79 Å². The molecule has 0 radical (unpaired) electrons. The third-order valence-electron chi connectivity index (χ3n) is 3.04.